The van der Waals surface area contributed by atoms with Crippen LogP contribution in [0.15, 0.2) is 48.5 Å². The third-order valence-corrected chi connectivity index (χ3v) is 6.30. The molecule has 1 aliphatic rings. The molecule has 6 heteroatoms. The number of carbonyl (C=O) groups is 1. The van der Waals surface area contributed by atoms with Gasteiger partial charge in [0.05, 0.1) is 17.6 Å². The summed E-state index contributed by atoms with van der Waals surface area (Å²) in [5.41, 5.74) is 1.97. The molecule has 2 aromatic rings. The van der Waals surface area contributed by atoms with E-state index in [0.717, 1.165) is 35.9 Å². The Kier molecular flexibility index (Phi) is 8.02. The molecule has 0 aromatic heterocycles. The molecule has 0 aliphatic carbocycles. The number of carbonyl (C=O) groups excluding carboxylic acids is 1. The molecule has 0 atom stereocenters. The van der Waals surface area contributed by atoms with E-state index in [0.29, 0.717) is 18.9 Å². The molecule has 2 aromatic carbocycles. The van der Waals surface area contributed by atoms with E-state index in [4.69, 9.17) is 14.0 Å². The van der Waals surface area contributed by atoms with Crippen molar-refractivity contribution in [2.24, 2.45) is 0 Å². The summed E-state index contributed by atoms with van der Waals surface area (Å²) in [5, 5.41) is 3.03. The molecule has 1 saturated heterocycles. The summed E-state index contributed by atoms with van der Waals surface area (Å²) in [6.07, 6.45) is 3.49. The van der Waals surface area contributed by atoms with E-state index in [1.54, 1.807) is 0 Å². The summed E-state index contributed by atoms with van der Waals surface area (Å²) in [4.78, 5) is 12.6. The largest absolute Gasteiger partial charge is 0.494 e. The van der Waals surface area contributed by atoms with Crippen LogP contribution < -0.4 is 15.5 Å². The average molecular weight is 437 g/mol. The maximum atomic E-state index is 12.6. The first-order valence-electron chi connectivity index (χ1n) is 11.6. The number of hydrogen-bond donors (Lipinski definition) is 1. The Morgan fingerprint density at radius 2 is 1.69 bits per heavy atom. The first kappa shape index (κ1) is 24.3. The normalized spacial score (nSPS) is 16.7. The SMILES string of the molecule is CCCCCNC(=O)Cc1cc(B2OC(C)(C)C(C)(C)O2)ccc1OCc1ccccc1. The summed E-state index contributed by atoms with van der Waals surface area (Å²) < 4.78 is 18.5. The van der Waals surface area contributed by atoms with Crippen molar-refractivity contribution in [2.45, 2.75) is 78.1 Å². The van der Waals surface area contributed by atoms with Gasteiger partial charge in [0, 0.05) is 12.1 Å². The Labute approximate surface area is 193 Å². The minimum absolute atomic E-state index is 0.00303. The fourth-order valence-electron chi connectivity index (χ4n) is 3.58. The van der Waals surface area contributed by atoms with Crippen LogP contribution in [0.2, 0.25) is 0 Å². The highest BCUT2D eigenvalue weighted by atomic mass is 16.7. The molecule has 1 N–H and O–H groups in total. The topological polar surface area (TPSA) is 56.8 Å². The number of benzene rings is 2. The van der Waals surface area contributed by atoms with Crippen molar-refractivity contribution >= 4 is 18.5 Å². The van der Waals surface area contributed by atoms with Crippen LogP contribution in [-0.4, -0.2) is 30.8 Å². The predicted octanol–water partition coefficient (Wildman–Crippen LogP) is 4.41. The van der Waals surface area contributed by atoms with E-state index < -0.39 is 18.3 Å². The molecular weight excluding hydrogens is 401 g/mol. The molecule has 0 saturated carbocycles. The second-order valence-electron chi connectivity index (χ2n) is 9.46. The average Bonchev–Trinajstić information content (AvgIpc) is 2.98. The third-order valence-electron chi connectivity index (χ3n) is 6.30. The first-order chi connectivity index (χ1) is 15.2. The monoisotopic (exact) mass is 437 g/mol. The standard InChI is InChI=1S/C26H36BNO4/c1-6-7-11-16-28-24(29)18-21-17-22(27-31-25(2,3)26(4,5)32-27)14-15-23(21)30-19-20-12-9-8-10-13-20/h8-10,12-15,17H,6-7,11,16,18-19H2,1-5H3,(H,28,29). The van der Waals surface area contributed by atoms with Crippen molar-refractivity contribution in [2.75, 3.05) is 6.54 Å². The number of hydrogen-bond acceptors (Lipinski definition) is 4. The molecule has 0 unspecified atom stereocenters. The quantitative estimate of drug-likeness (QED) is 0.442. The molecule has 0 spiro atoms. The Balaban J connectivity index is 1.77. The first-order valence-corrected chi connectivity index (χ1v) is 11.6. The summed E-state index contributed by atoms with van der Waals surface area (Å²) in [7, 11) is -0.477. The Bertz CT molecular complexity index is 882. The smallest absolute Gasteiger partial charge is 0.489 e. The molecule has 5 nitrogen and oxygen atoms in total. The van der Waals surface area contributed by atoms with Crippen molar-refractivity contribution in [3.8, 4) is 5.75 Å². The maximum Gasteiger partial charge on any atom is 0.494 e. The summed E-state index contributed by atoms with van der Waals surface area (Å²) in [6.45, 7) is 11.4. The molecule has 32 heavy (non-hydrogen) atoms. The predicted molar refractivity (Wildman–Crippen MR) is 129 cm³/mol. The van der Waals surface area contributed by atoms with E-state index in [1.165, 1.54) is 0 Å². The number of amides is 1. The van der Waals surface area contributed by atoms with Crippen molar-refractivity contribution in [3.63, 3.8) is 0 Å². The van der Waals surface area contributed by atoms with Crippen molar-refractivity contribution < 1.29 is 18.8 Å². The number of ether oxygens (including phenoxy) is 1. The second-order valence-corrected chi connectivity index (χ2v) is 9.46. The van der Waals surface area contributed by atoms with Crippen molar-refractivity contribution in [3.05, 3.63) is 59.7 Å². The Hall–Kier alpha value is -2.31. The summed E-state index contributed by atoms with van der Waals surface area (Å²) >= 11 is 0. The van der Waals surface area contributed by atoms with Gasteiger partial charge in [-0.15, -0.1) is 0 Å². The van der Waals surface area contributed by atoms with Crippen LogP contribution in [-0.2, 0) is 27.1 Å². The van der Waals surface area contributed by atoms with Gasteiger partial charge in [-0.2, -0.15) is 0 Å². The van der Waals surface area contributed by atoms with Gasteiger partial charge in [0.15, 0.2) is 0 Å². The lowest BCUT2D eigenvalue weighted by Crippen LogP contribution is -2.41. The highest BCUT2D eigenvalue weighted by Crippen LogP contribution is 2.36. The third kappa shape index (κ3) is 6.14. The number of nitrogens with one attached hydrogen (secondary N) is 1. The zero-order valence-electron chi connectivity index (χ0n) is 20.1. The molecule has 0 radical (unpaired) electrons. The van der Waals surface area contributed by atoms with Crippen LogP contribution in [0.25, 0.3) is 0 Å². The molecule has 1 aliphatic heterocycles. The second kappa shape index (κ2) is 10.5. The van der Waals surface area contributed by atoms with Gasteiger partial charge in [0.25, 0.3) is 0 Å². The van der Waals surface area contributed by atoms with E-state index in [1.807, 2.05) is 76.2 Å². The molecule has 1 heterocycles. The van der Waals surface area contributed by atoms with Crippen LogP contribution in [0.4, 0.5) is 0 Å². The van der Waals surface area contributed by atoms with Crippen molar-refractivity contribution in [1.29, 1.82) is 0 Å². The van der Waals surface area contributed by atoms with E-state index >= 15 is 0 Å². The fraction of sp³-hybridized carbons (Fsp3) is 0.500. The van der Waals surface area contributed by atoms with E-state index in [-0.39, 0.29) is 12.3 Å². The zero-order valence-corrected chi connectivity index (χ0v) is 20.1. The van der Waals surface area contributed by atoms with Gasteiger partial charge in [-0.25, -0.2) is 0 Å². The van der Waals surface area contributed by atoms with Gasteiger partial charge in [-0.1, -0.05) is 62.2 Å². The Morgan fingerprint density at radius 3 is 2.34 bits per heavy atom. The van der Waals surface area contributed by atoms with E-state index in [2.05, 4.69) is 12.2 Å². The van der Waals surface area contributed by atoms with Gasteiger partial charge >= 0.3 is 7.12 Å². The van der Waals surface area contributed by atoms with Gasteiger partial charge < -0.3 is 19.4 Å². The van der Waals surface area contributed by atoms with Crippen molar-refractivity contribution in [1.82, 2.24) is 5.32 Å². The summed E-state index contributed by atoms with van der Waals surface area (Å²) in [5.74, 6) is 0.703. The molecular formula is C26H36BNO4. The lowest BCUT2D eigenvalue weighted by molar-refractivity contribution is -0.120. The van der Waals surface area contributed by atoms with Gasteiger partial charge in [-0.3, -0.25) is 4.79 Å². The molecule has 3 rings (SSSR count). The van der Waals surface area contributed by atoms with Crippen LogP contribution in [0.1, 0.15) is 65.0 Å². The highest BCUT2D eigenvalue weighted by Gasteiger charge is 2.51. The van der Waals surface area contributed by atoms with Gasteiger partial charge in [0.2, 0.25) is 5.91 Å². The minimum atomic E-state index is -0.477. The van der Waals surface area contributed by atoms with Gasteiger partial charge in [-0.05, 0) is 51.2 Å². The fourth-order valence-corrected chi connectivity index (χ4v) is 3.58. The molecule has 0 bridgehead atoms. The zero-order chi connectivity index (χ0) is 23.2. The van der Waals surface area contributed by atoms with Gasteiger partial charge in [0.1, 0.15) is 12.4 Å². The van der Waals surface area contributed by atoms with Crippen LogP contribution in [0.3, 0.4) is 0 Å². The van der Waals surface area contributed by atoms with Crippen LogP contribution in [0, 0.1) is 0 Å². The molecule has 1 amide bonds. The highest BCUT2D eigenvalue weighted by molar-refractivity contribution is 6.62. The van der Waals surface area contributed by atoms with E-state index in [9.17, 15) is 4.79 Å². The van der Waals surface area contributed by atoms with Crippen LogP contribution in [0.5, 0.6) is 5.75 Å². The number of unbranched alkanes of at least 4 members (excludes halogenated alkanes) is 2. The minimum Gasteiger partial charge on any atom is -0.489 e. The summed E-state index contributed by atoms with van der Waals surface area (Å²) in [6, 6.07) is 15.9. The maximum absolute atomic E-state index is 12.6. The van der Waals surface area contributed by atoms with Crippen LogP contribution >= 0.6 is 0 Å². The number of rotatable bonds is 10. The molecule has 1 fully saturated rings. The molecule has 172 valence electrons. The Morgan fingerprint density at radius 1 is 1.00 bits per heavy atom. The lowest BCUT2D eigenvalue weighted by atomic mass is 9.78. The lowest BCUT2D eigenvalue weighted by Gasteiger charge is -2.32.